The van der Waals surface area contributed by atoms with E-state index in [0.717, 1.165) is 32.6 Å². The largest absolute Gasteiger partial charge is 0.342 e. The Balaban J connectivity index is 0.00000128. The van der Waals surface area contributed by atoms with E-state index in [2.05, 4.69) is 24.1 Å². The summed E-state index contributed by atoms with van der Waals surface area (Å²) >= 11 is 0. The number of amides is 1. The standard InChI is InChI=1S/C12H22N2O.ClH/c1-12(2)5-3-7-14(9-12)11(15)10-4-6-13-8-10;/h10,13H,3-9H2,1-2H3;1H/t10-;/m0./s1. The topological polar surface area (TPSA) is 32.3 Å². The van der Waals surface area contributed by atoms with E-state index in [1.54, 1.807) is 0 Å². The Kier molecular flexibility index (Phi) is 4.62. The third kappa shape index (κ3) is 3.11. The van der Waals surface area contributed by atoms with Crippen LogP contribution in [-0.2, 0) is 4.79 Å². The fraction of sp³-hybridized carbons (Fsp3) is 0.917. The van der Waals surface area contributed by atoms with Gasteiger partial charge in [0.1, 0.15) is 0 Å². The maximum absolute atomic E-state index is 12.2. The zero-order valence-corrected chi connectivity index (χ0v) is 11.1. The molecule has 0 saturated carbocycles. The lowest BCUT2D eigenvalue weighted by Crippen LogP contribution is -2.46. The van der Waals surface area contributed by atoms with E-state index in [1.807, 2.05) is 0 Å². The van der Waals surface area contributed by atoms with E-state index in [1.165, 1.54) is 12.8 Å². The minimum atomic E-state index is 0. The Morgan fingerprint density at radius 3 is 2.75 bits per heavy atom. The van der Waals surface area contributed by atoms with Gasteiger partial charge in [-0.3, -0.25) is 4.79 Å². The van der Waals surface area contributed by atoms with Crippen molar-refractivity contribution in [1.29, 1.82) is 0 Å². The van der Waals surface area contributed by atoms with Gasteiger partial charge in [-0.2, -0.15) is 0 Å². The first kappa shape index (κ1) is 13.8. The van der Waals surface area contributed by atoms with Crippen LogP contribution in [0.5, 0.6) is 0 Å². The van der Waals surface area contributed by atoms with Gasteiger partial charge in [0, 0.05) is 19.6 Å². The number of hydrogen-bond acceptors (Lipinski definition) is 2. The highest BCUT2D eigenvalue weighted by Crippen LogP contribution is 2.29. The molecular weight excluding hydrogens is 224 g/mol. The van der Waals surface area contributed by atoms with E-state index < -0.39 is 0 Å². The van der Waals surface area contributed by atoms with Crippen molar-refractivity contribution in [2.24, 2.45) is 11.3 Å². The molecule has 16 heavy (non-hydrogen) atoms. The lowest BCUT2D eigenvalue weighted by molar-refractivity contribution is -0.138. The molecule has 0 radical (unpaired) electrons. The molecule has 0 spiro atoms. The van der Waals surface area contributed by atoms with Crippen molar-refractivity contribution < 1.29 is 4.79 Å². The van der Waals surface area contributed by atoms with E-state index in [0.29, 0.717) is 11.3 Å². The third-order valence-corrected chi connectivity index (χ3v) is 3.62. The minimum absolute atomic E-state index is 0. The molecule has 2 rings (SSSR count). The lowest BCUT2D eigenvalue weighted by atomic mass is 9.83. The van der Waals surface area contributed by atoms with Crippen LogP contribution in [0.3, 0.4) is 0 Å². The number of nitrogens with zero attached hydrogens (tertiary/aromatic N) is 1. The highest BCUT2D eigenvalue weighted by Gasteiger charge is 2.33. The van der Waals surface area contributed by atoms with Crippen LogP contribution in [0.25, 0.3) is 0 Å². The Labute approximate surface area is 104 Å². The molecule has 94 valence electrons. The number of nitrogens with one attached hydrogen (secondary N) is 1. The van der Waals surface area contributed by atoms with Crippen molar-refractivity contribution in [2.75, 3.05) is 26.2 Å². The van der Waals surface area contributed by atoms with Crippen LogP contribution in [0.15, 0.2) is 0 Å². The Bertz CT molecular complexity index is 249. The van der Waals surface area contributed by atoms with E-state index >= 15 is 0 Å². The highest BCUT2D eigenvalue weighted by atomic mass is 35.5. The molecule has 0 aromatic heterocycles. The Hall–Kier alpha value is -0.280. The second kappa shape index (κ2) is 5.37. The molecule has 0 aromatic carbocycles. The molecule has 2 fully saturated rings. The van der Waals surface area contributed by atoms with Crippen molar-refractivity contribution >= 4 is 18.3 Å². The monoisotopic (exact) mass is 246 g/mol. The van der Waals surface area contributed by atoms with Crippen molar-refractivity contribution in [3.63, 3.8) is 0 Å². The zero-order chi connectivity index (χ0) is 10.9. The van der Waals surface area contributed by atoms with Gasteiger partial charge < -0.3 is 10.2 Å². The van der Waals surface area contributed by atoms with Crippen molar-refractivity contribution in [2.45, 2.75) is 33.1 Å². The second-order valence-electron chi connectivity index (χ2n) is 5.72. The van der Waals surface area contributed by atoms with Gasteiger partial charge in [0.05, 0.1) is 5.92 Å². The van der Waals surface area contributed by atoms with Gasteiger partial charge in [-0.1, -0.05) is 13.8 Å². The van der Waals surface area contributed by atoms with E-state index in [4.69, 9.17) is 0 Å². The predicted molar refractivity (Wildman–Crippen MR) is 67.8 cm³/mol. The molecule has 0 aromatic rings. The fourth-order valence-corrected chi connectivity index (χ4v) is 2.74. The van der Waals surface area contributed by atoms with Crippen molar-refractivity contribution in [1.82, 2.24) is 10.2 Å². The average molecular weight is 247 g/mol. The van der Waals surface area contributed by atoms with Gasteiger partial charge >= 0.3 is 0 Å². The molecule has 2 saturated heterocycles. The summed E-state index contributed by atoms with van der Waals surface area (Å²) in [5, 5.41) is 3.27. The van der Waals surface area contributed by atoms with Gasteiger partial charge in [-0.25, -0.2) is 0 Å². The number of piperidine rings is 1. The van der Waals surface area contributed by atoms with E-state index in [-0.39, 0.29) is 18.3 Å². The number of likely N-dealkylation sites (tertiary alicyclic amines) is 1. The summed E-state index contributed by atoms with van der Waals surface area (Å²) < 4.78 is 0. The number of rotatable bonds is 1. The van der Waals surface area contributed by atoms with Crippen LogP contribution in [0.1, 0.15) is 33.1 Å². The number of carbonyl (C=O) groups is 1. The summed E-state index contributed by atoms with van der Waals surface area (Å²) in [5.41, 5.74) is 0.319. The molecular formula is C12H23ClN2O. The minimum Gasteiger partial charge on any atom is -0.342 e. The van der Waals surface area contributed by atoms with Crippen LogP contribution in [-0.4, -0.2) is 37.0 Å². The Morgan fingerprint density at radius 2 is 2.19 bits per heavy atom. The normalized spacial score (nSPS) is 28.6. The third-order valence-electron chi connectivity index (χ3n) is 3.62. The summed E-state index contributed by atoms with van der Waals surface area (Å²) in [6.45, 7) is 8.34. The quantitative estimate of drug-likeness (QED) is 0.764. The summed E-state index contributed by atoms with van der Waals surface area (Å²) in [6, 6.07) is 0. The fourth-order valence-electron chi connectivity index (χ4n) is 2.74. The van der Waals surface area contributed by atoms with Crippen LogP contribution in [0.2, 0.25) is 0 Å². The SMILES string of the molecule is CC1(C)CCCN(C(=O)[C@H]2CCNC2)C1.Cl. The van der Waals surface area contributed by atoms with Crippen LogP contribution >= 0.6 is 12.4 Å². The van der Waals surface area contributed by atoms with Gasteiger partial charge in [0.2, 0.25) is 5.91 Å². The van der Waals surface area contributed by atoms with E-state index in [9.17, 15) is 4.79 Å². The van der Waals surface area contributed by atoms with Crippen LogP contribution in [0.4, 0.5) is 0 Å². The molecule has 0 bridgehead atoms. The summed E-state index contributed by atoms with van der Waals surface area (Å²) in [7, 11) is 0. The highest BCUT2D eigenvalue weighted by molar-refractivity contribution is 5.85. The van der Waals surface area contributed by atoms with Crippen molar-refractivity contribution in [3.8, 4) is 0 Å². The molecule has 0 aliphatic carbocycles. The molecule has 3 nitrogen and oxygen atoms in total. The summed E-state index contributed by atoms with van der Waals surface area (Å²) in [5.74, 6) is 0.631. The molecule has 1 N–H and O–H groups in total. The Morgan fingerprint density at radius 1 is 1.44 bits per heavy atom. The molecule has 2 heterocycles. The molecule has 4 heteroatoms. The smallest absolute Gasteiger partial charge is 0.227 e. The number of carbonyl (C=O) groups excluding carboxylic acids is 1. The molecule has 1 atom stereocenters. The number of hydrogen-bond donors (Lipinski definition) is 1. The number of halogens is 1. The molecule has 0 unspecified atom stereocenters. The van der Waals surface area contributed by atoms with Gasteiger partial charge in [-0.05, 0) is 31.2 Å². The first-order valence-corrected chi connectivity index (χ1v) is 6.08. The molecule has 1 amide bonds. The average Bonchev–Trinajstić information content (AvgIpc) is 2.67. The van der Waals surface area contributed by atoms with Gasteiger partial charge in [0.15, 0.2) is 0 Å². The molecule has 2 aliphatic heterocycles. The lowest BCUT2D eigenvalue weighted by Gasteiger charge is -2.39. The van der Waals surface area contributed by atoms with Crippen LogP contribution in [0, 0.1) is 11.3 Å². The van der Waals surface area contributed by atoms with Gasteiger partial charge in [0.25, 0.3) is 0 Å². The maximum atomic E-state index is 12.2. The van der Waals surface area contributed by atoms with Crippen molar-refractivity contribution in [3.05, 3.63) is 0 Å². The van der Waals surface area contributed by atoms with Gasteiger partial charge in [-0.15, -0.1) is 12.4 Å². The summed E-state index contributed by atoms with van der Waals surface area (Å²) in [4.78, 5) is 14.3. The maximum Gasteiger partial charge on any atom is 0.227 e. The first-order valence-electron chi connectivity index (χ1n) is 6.08. The summed E-state index contributed by atoms with van der Waals surface area (Å²) in [6.07, 6.45) is 3.44. The predicted octanol–water partition coefficient (Wildman–Crippen LogP) is 1.67. The first-order chi connectivity index (χ1) is 7.08. The second-order valence-corrected chi connectivity index (χ2v) is 5.72. The van der Waals surface area contributed by atoms with Crippen LogP contribution < -0.4 is 5.32 Å². The zero-order valence-electron chi connectivity index (χ0n) is 10.3. The molecule has 2 aliphatic rings.